The quantitative estimate of drug-likeness (QED) is 0.731. The third-order valence-electron chi connectivity index (χ3n) is 5.95. The average molecular weight is 257 g/mol. The molecule has 4 bridgehead atoms. The Morgan fingerprint density at radius 2 is 1.42 bits per heavy atom. The minimum atomic E-state index is 0.511. The Morgan fingerprint density at radius 1 is 0.789 bits per heavy atom. The summed E-state index contributed by atoms with van der Waals surface area (Å²) in [5, 5.41) is 4.09. The minimum Gasteiger partial charge on any atom is -0.305 e. The van der Waals surface area contributed by atoms with E-state index in [-0.39, 0.29) is 0 Å². The van der Waals surface area contributed by atoms with Crippen molar-refractivity contribution in [1.82, 2.24) is 5.32 Å². The highest BCUT2D eigenvalue weighted by molar-refractivity contribution is 5.11. The summed E-state index contributed by atoms with van der Waals surface area (Å²) in [6.07, 6.45) is 22.2. The molecule has 0 saturated heterocycles. The SMILES string of the molecule is C1=CCC(NC23CC4CC(CC(C4)C2)C3)/C=C\CC1. The molecule has 4 saturated carbocycles. The summed E-state index contributed by atoms with van der Waals surface area (Å²) in [4.78, 5) is 0. The maximum Gasteiger partial charge on any atom is 0.0289 e. The summed E-state index contributed by atoms with van der Waals surface area (Å²) in [6.45, 7) is 0. The second-order valence-corrected chi connectivity index (χ2v) is 7.66. The fourth-order valence-electron chi connectivity index (χ4n) is 5.68. The van der Waals surface area contributed by atoms with E-state index in [1.165, 1.54) is 38.5 Å². The van der Waals surface area contributed by atoms with Crippen LogP contribution in [0.15, 0.2) is 24.3 Å². The van der Waals surface area contributed by atoms with Crippen molar-refractivity contribution in [2.75, 3.05) is 0 Å². The van der Waals surface area contributed by atoms with Gasteiger partial charge >= 0.3 is 0 Å². The number of allylic oxidation sites excluding steroid dienone is 2. The zero-order valence-electron chi connectivity index (χ0n) is 12.0. The largest absolute Gasteiger partial charge is 0.305 e. The van der Waals surface area contributed by atoms with E-state index in [2.05, 4.69) is 29.6 Å². The van der Waals surface area contributed by atoms with Gasteiger partial charge in [0.25, 0.3) is 0 Å². The van der Waals surface area contributed by atoms with Crippen molar-refractivity contribution < 1.29 is 0 Å². The molecule has 0 aliphatic heterocycles. The van der Waals surface area contributed by atoms with E-state index in [4.69, 9.17) is 0 Å². The molecule has 0 aromatic heterocycles. The highest BCUT2D eigenvalue weighted by Crippen LogP contribution is 2.55. The molecule has 5 aliphatic rings. The molecule has 1 unspecified atom stereocenters. The Morgan fingerprint density at radius 3 is 2.11 bits per heavy atom. The predicted molar refractivity (Wildman–Crippen MR) is 80.0 cm³/mol. The fraction of sp³-hybridized carbons (Fsp3) is 0.778. The van der Waals surface area contributed by atoms with Crippen LogP contribution in [-0.4, -0.2) is 11.6 Å². The van der Waals surface area contributed by atoms with Gasteiger partial charge in [-0.1, -0.05) is 24.3 Å². The molecule has 4 fully saturated rings. The monoisotopic (exact) mass is 257 g/mol. The van der Waals surface area contributed by atoms with Crippen molar-refractivity contribution in [1.29, 1.82) is 0 Å². The highest BCUT2D eigenvalue weighted by Gasteiger charge is 2.51. The second kappa shape index (κ2) is 4.77. The van der Waals surface area contributed by atoms with Gasteiger partial charge in [-0.05, 0) is 75.5 Å². The number of hydrogen-bond acceptors (Lipinski definition) is 1. The standard InChI is InChI=1S/C18H27N/c1-2-4-6-17(7-5-3-1)19-18-11-14-8-15(12-18)10-16(9-14)13-18/h2,4-5,7,14-17,19H,1,3,6,8-13H2/b4-2?,7-5-. The summed E-state index contributed by atoms with van der Waals surface area (Å²) in [5.74, 6) is 3.14. The first-order valence-electron chi connectivity index (χ1n) is 8.41. The summed E-state index contributed by atoms with van der Waals surface area (Å²) in [5.41, 5.74) is 0.511. The number of nitrogens with one attached hydrogen (secondary N) is 1. The lowest BCUT2D eigenvalue weighted by Crippen LogP contribution is -2.60. The third kappa shape index (κ3) is 2.42. The molecule has 0 amide bonds. The zero-order chi connectivity index (χ0) is 12.7. The minimum absolute atomic E-state index is 0.511. The fourth-order valence-corrected chi connectivity index (χ4v) is 5.68. The van der Waals surface area contributed by atoms with Crippen molar-refractivity contribution in [3.05, 3.63) is 24.3 Å². The lowest BCUT2D eigenvalue weighted by molar-refractivity contribution is -0.0227. The summed E-state index contributed by atoms with van der Waals surface area (Å²) in [6, 6.07) is 0.591. The molecule has 1 heteroatoms. The van der Waals surface area contributed by atoms with E-state index in [9.17, 15) is 0 Å². The van der Waals surface area contributed by atoms with Crippen LogP contribution in [0.25, 0.3) is 0 Å². The number of hydrogen-bond donors (Lipinski definition) is 1. The second-order valence-electron chi connectivity index (χ2n) is 7.66. The van der Waals surface area contributed by atoms with Crippen LogP contribution in [0.3, 0.4) is 0 Å². The van der Waals surface area contributed by atoms with E-state index in [0.29, 0.717) is 11.6 Å². The maximum atomic E-state index is 4.09. The van der Waals surface area contributed by atoms with Gasteiger partial charge in [0.05, 0.1) is 0 Å². The lowest BCUT2D eigenvalue weighted by atomic mass is 9.53. The zero-order valence-corrected chi connectivity index (χ0v) is 12.0. The molecule has 5 rings (SSSR count). The lowest BCUT2D eigenvalue weighted by Gasteiger charge is -2.58. The van der Waals surface area contributed by atoms with E-state index in [1.54, 1.807) is 19.3 Å². The van der Waals surface area contributed by atoms with Crippen LogP contribution in [0, 0.1) is 17.8 Å². The smallest absolute Gasteiger partial charge is 0.0289 e. The van der Waals surface area contributed by atoms with Crippen LogP contribution in [0.4, 0.5) is 0 Å². The summed E-state index contributed by atoms with van der Waals surface area (Å²) >= 11 is 0. The van der Waals surface area contributed by atoms with Gasteiger partial charge in [0, 0.05) is 11.6 Å². The van der Waals surface area contributed by atoms with Gasteiger partial charge < -0.3 is 5.32 Å². The predicted octanol–water partition coefficient (Wildman–Crippen LogP) is 4.21. The topological polar surface area (TPSA) is 12.0 Å². The maximum absolute atomic E-state index is 4.09. The van der Waals surface area contributed by atoms with E-state index >= 15 is 0 Å². The molecule has 1 nitrogen and oxygen atoms in total. The molecule has 19 heavy (non-hydrogen) atoms. The molecular formula is C18H27N. The van der Waals surface area contributed by atoms with E-state index < -0.39 is 0 Å². The molecular weight excluding hydrogens is 230 g/mol. The van der Waals surface area contributed by atoms with Gasteiger partial charge in [-0.3, -0.25) is 0 Å². The first-order valence-corrected chi connectivity index (χ1v) is 8.41. The van der Waals surface area contributed by atoms with Crippen LogP contribution in [0.1, 0.15) is 57.8 Å². The van der Waals surface area contributed by atoms with Crippen LogP contribution in [0.2, 0.25) is 0 Å². The molecule has 0 aromatic rings. The van der Waals surface area contributed by atoms with Gasteiger partial charge in [0.1, 0.15) is 0 Å². The van der Waals surface area contributed by atoms with Crippen LogP contribution >= 0.6 is 0 Å². The normalized spacial score (nSPS) is 49.9. The van der Waals surface area contributed by atoms with Crippen molar-refractivity contribution in [2.45, 2.75) is 69.4 Å². The molecule has 104 valence electrons. The summed E-state index contributed by atoms with van der Waals surface area (Å²) < 4.78 is 0. The van der Waals surface area contributed by atoms with Gasteiger partial charge in [-0.25, -0.2) is 0 Å². The molecule has 0 heterocycles. The van der Waals surface area contributed by atoms with E-state index in [0.717, 1.165) is 17.8 Å². The van der Waals surface area contributed by atoms with Crippen LogP contribution in [-0.2, 0) is 0 Å². The molecule has 0 spiro atoms. The van der Waals surface area contributed by atoms with Gasteiger partial charge in [0.15, 0.2) is 0 Å². The Bertz CT molecular complexity index is 357. The Kier molecular flexibility index (Phi) is 3.06. The Labute approximate surface area is 117 Å². The molecule has 1 N–H and O–H groups in total. The van der Waals surface area contributed by atoms with Crippen molar-refractivity contribution in [2.24, 2.45) is 17.8 Å². The van der Waals surface area contributed by atoms with Crippen molar-refractivity contribution in [3.63, 3.8) is 0 Å². The molecule has 0 aromatic carbocycles. The van der Waals surface area contributed by atoms with Gasteiger partial charge in [-0.15, -0.1) is 0 Å². The van der Waals surface area contributed by atoms with Crippen LogP contribution in [0.5, 0.6) is 0 Å². The number of rotatable bonds is 2. The average Bonchev–Trinajstić information content (AvgIpc) is 2.30. The van der Waals surface area contributed by atoms with Crippen molar-refractivity contribution >= 4 is 0 Å². The molecule has 0 radical (unpaired) electrons. The Balaban J connectivity index is 1.49. The van der Waals surface area contributed by atoms with Crippen LogP contribution < -0.4 is 5.32 Å². The van der Waals surface area contributed by atoms with Crippen molar-refractivity contribution in [3.8, 4) is 0 Å². The first kappa shape index (κ1) is 12.2. The highest BCUT2D eigenvalue weighted by atomic mass is 15.0. The summed E-state index contributed by atoms with van der Waals surface area (Å²) in [7, 11) is 0. The van der Waals surface area contributed by atoms with Gasteiger partial charge in [-0.2, -0.15) is 0 Å². The first-order chi connectivity index (χ1) is 9.31. The van der Waals surface area contributed by atoms with E-state index in [1.807, 2.05) is 0 Å². The molecule has 1 atom stereocenters. The third-order valence-corrected chi connectivity index (χ3v) is 5.95. The molecule has 5 aliphatic carbocycles. The van der Waals surface area contributed by atoms with Gasteiger partial charge in [0.2, 0.25) is 0 Å². The Hall–Kier alpha value is -0.560.